The van der Waals surface area contributed by atoms with E-state index in [0.29, 0.717) is 0 Å². The Balaban J connectivity index is 1.38. The highest BCUT2D eigenvalue weighted by atomic mass is 15.1. The van der Waals surface area contributed by atoms with E-state index in [2.05, 4.69) is 181 Å². The predicted octanol–water partition coefficient (Wildman–Crippen LogP) is 11.9. The van der Waals surface area contributed by atoms with Gasteiger partial charge in [0.25, 0.3) is 0 Å². The summed E-state index contributed by atoms with van der Waals surface area (Å²) in [6, 6.07) is 63.5. The predicted molar refractivity (Wildman–Crippen MR) is 185 cm³/mol. The molecule has 1 heteroatoms. The zero-order valence-electron chi connectivity index (χ0n) is 23.7. The van der Waals surface area contributed by atoms with Crippen LogP contribution in [0, 0.1) is 0 Å². The minimum absolute atomic E-state index is 1.12. The highest BCUT2D eigenvalue weighted by molar-refractivity contribution is 6.17. The molecule has 202 valence electrons. The van der Waals surface area contributed by atoms with Crippen LogP contribution in [0.15, 0.2) is 176 Å². The lowest BCUT2D eigenvalue weighted by Gasteiger charge is -2.29. The van der Waals surface area contributed by atoms with Gasteiger partial charge in [-0.05, 0) is 85.4 Å². The number of anilines is 3. The lowest BCUT2D eigenvalue weighted by molar-refractivity contribution is 1.29. The quantitative estimate of drug-likeness (QED) is 0.194. The van der Waals surface area contributed by atoms with Crippen molar-refractivity contribution in [3.8, 4) is 22.3 Å². The van der Waals surface area contributed by atoms with E-state index in [0.717, 1.165) is 17.1 Å². The maximum Gasteiger partial charge on any atom is 0.0540 e. The van der Waals surface area contributed by atoms with Crippen LogP contribution in [-0.4, -0.2) is 0 Å². The van der Waals surface area contributed by atoms with Gasteiger partial charge in [0.15, 0.2) is 0 Å². The van der Waals surface area contributed by atoms with Gasteiger partial charge in [-0.3, -0.25) is 0 Å². The molecule has 0 amide bonds. The third kappa shape index (κ3) is 4.52. The van der Waals surface area contributed by atoms with E-state index >= 15 is 0 Å². The number of rotatable bonds is 5. The van der Waals surface area contributed by atoms with Crippen molar-refractivity contribution in [3.63, 3.8) is 0 Å². The largest absolute Gasteiger partial charge is 0.310 e. The first kappa shape index (κ1) is 25.1. The van der Waals surface area contributed by atoms with E-state index in [1.54, 1.807) is 0 Å². The lowest BCUT2D eigenvalue weighted by Crippen LogP contribution is -2.11. The highest BCUT2D eigenvalue weighted by Gasteiger charge is 2.19. The van der Waals surface area contributed by atoms with Crippen molar-refractivity contribution >= 4 is 49.4 Å². The third-order valence-corrected chi connectivity index (χ3v) is 8.43. The van der Waals surface area contributed by atoms with Crippen LogP contribution in [0.5, 0.6) is 0 Å². The molecule has 0 spiro atoms. The molecule has 0 unspecified atom stereocenters. The van der Waals surface area contributed by atoms with Gasteiger partial charge in [0, 0.05) is 16.9 Å². The molecule has 0 aromatic heterocycles. The minimum Gasteiger partial charge on any atom is -0.310 e. The summed E-state index contributed by atoms with van der Waals surface area (Å²) in [4.78, 5) is 2.40. The van der Waals surface area contributed by atoms with Gasteiger partial charge >= 0.3 is 0 Å². The van der Waals surface area contributed by atoms with Crippen molar-refractivity contribution in [1.29, 1.82) is 0 Å². The van der Waals surface area contributed by atoms with Gasteiger partial charge in [-0.15, -0.1) is 0 Å². The van der Waals surface area contributed by atoms with E-state index in [-0.39, 0.29) is 0 Å². The van der Waals surface area contributed by atoms with Crippen LogP contribution in [0.2, 0.25) is 0 Å². The molecule has 8 aromatic carbocycles. The molecule has 0 bridgehead atoms. The summed E-state index contributed by atoms with van der Waals surface area (Å²) < 4.78 is 0. The Morgan fingerprint density at radius 1 is 0.302 bits per heavy atom. The standard InChI is InChI=1S/C42H29N/c1-4-12-30(13-5-1)34-23-27-42(41(28-34)31-14-6-2-7-15-31)43(35-17-8-3-9-18-35)36-24-20-33-22-25-38-37-19-11-10-16-32(37)21-26-39(38)40(33)29-36/h1-29H. The van der Waals surface area contributed by atoms with Crippen molar-refractivity contribution in [2.24, 2.45) is 0 Å². The summed E-state index contributed by atoms with van der Waals surface area (Å²) in [6.45, 7) is 0. The topological polar surface area (TPSA) is 3.24 Å². The van der Waals surface area contributed by atoms with Crippen LogP contribution in [0.4, 0.5) is 17.1 Å². The van der Waals surface area contributed by atoms with Crippen LogP contribution in [-0.2, 0) is 0 Å². The first-order valence-electron chi connectivity index (χ1n) is 14.8. The molecule has 0 saturated carbocycles. The Hall–Kier alpha value is -5.66. The first-order chi connectivity index (χ1) is 21.3. The van der Waals surface area contributed by atoms with E-state index in [1.165, 1.54) is 54.6 Å². The zero-order valence-corrected chi connectivity index (χ0v) is 23.7. The van der Waals surface area contributed by atoms with Gasteiger partial charge in [0.05, 0.1) is 5.69 Å². The SMILES string of the molecule is c1ccc(-c2ccc(N(c3ccccc3)c3ccc4ccc5c6ccccc6ccc5c4c3)c(-c3ccccc3)c2)cc1. The minimum atomic E-state index is 1.12. The normalized spacial score (nSPS) is 11.3. The second-order valence-corrected chi connectivity index (χ2v) is 11.0. The molecule has 43 heavy (non-hydrogen) atoms. The van der Waals surface area contributed by atoms with E-state index in [4.69, 9.17) is 0 Å². The zero-order chi connectivity index (χ0) is 28.6. The van der Waals surface area contributed by atoms with E-state index < -0.39 is 0 Å². The van der Waals surface area contributed by atoms with Gasteiger partial charge in [0.2, 0.25) is 0 Å². The van der Waals surface area contributed by atoms with Crippen LogP contribution in [0.25, 0.3) is 54.6 Å². The van der Waals surface area contributed by atoms with E-state index in [1.807, 2.05) is 0 Å². The molecule has 0 saturated heterocycles. The van der Waals surface area contributed by atoms with Crippen LogP contribution >= 0.6 is 0 Å². The fourth-order valence-corrected chi connectivity index (χ4v) is 6.34. The second kappa shape index (κ2) is 10.6. The first-order valence-corrected chi connectivity index (χ1v) is 14.8. The van der Waals surface area contributed by atoms with Gasteiger partial charge in [-0.25, -0.2) is 0 Å². The van der Waals surface area contributed by atoms with Crippen molar-refractivity contribution in [3.05, 3.63) is 176 Å². The van der Waals surface area contributed by atoms with Gasteiger partial charge in [-0.1, -0.05) is 140 Å². The Kier molecular flexibility index (Phi) is 6.20. The van der Waals surface area contributed by atoms with E-state index in [9.17, 15) is 0 Å². The van der Waals surface area contributed by atoms with Crippen LogP contribution < -0.4 is 4.90 Å². The monoisotopic (exact) mass is 547 g/mol. The van der Waals surface area contributed by atoms with Crippen molar-refractivity contribution in [2.75, 3.05) is 4.90 Å². The second-order valence-electron chi connectivity index (χ2n) is 11.0. The molecule has 0 aliphatic rings. The lowest BCUT2D eigenvalue weighted by atomic mass is 9.95. The molecule has 0 N–H and O–H groups in total. The molecule has 1 nitrogen and oxygen atoms in total. The number of fused-ring (bicyclic) bond motifs is 5. The summed E-state index contributed by atoms with van der Waals surface area (Å²) in [6.07, 6.45) is 0. The number of nitrogens with zero attached hydrogens (tertiary/aromatic N) is 1. The number of para-hydroxylation sites is 1. The smallest absolute Gasteiger partial charge is 0.0540 e. The van der Waals surface area contributed by atoms with Crippen molar-refractivity contribution in [1.82, 2.24) is 0 Å². The molecule has 0 radical (unpaired) electrons. The number of hydrogen-bond donors (Lipinski definition) is 0. The van der Waals surface area contributed by atoms with Gasteiger partial charge in [-0.2, -0.15) is 0 Å². The van der Waals surface area contributed by atoms with Gasteiger partial charge in [0.1, 0.15) is 0 Å². The van der Waals surface area contributed by atoms with Crippen LogP contribution in [0.3, 0.4) is 0 Å². The Labute approximate surface area is 251 Å². The Morgan fingerprint density at radius 3 is 1.63 bits per heavy atom. The molecule has 0 atom stereocenters. The molecule has 8 rings (SSSR count). The fraction of sp³-hybridized carbons (Fsp3) is 0. The molecule has 0 heterocycles. The Bertz CT molecular complexity index is 2220. The van der Waals surface area contributed by atoms with Gasteiger partial charge < -0.3 is 4.90 Å². The summed E-state index contributed by atoms with van der Waals surface area (Å²) in [5.74, 6) is 0. The van der Waals surface area contributed by atoms with Crippen molar-refractivity contribution < 1.29 is 0 Å². The maximum atomic E-state index is 2.40. The molecule has 0 fully saturated rings. The molecule has 8 aromatic rings. The summed E-state index contributed by atoms with van der Waals surface area (Å²) in [5, 5.41) is 7.60. The average Bonchev–Trinajstić information content (AvgIpc) is 3.09. The third-order valence-electron chi connectivity index (χ3n) is 8.43. The number of hydrogen-bond acceptors (Lipinski definition) is 1. The molecular weight excluding hydrogens is 518 g/mol. The fourth-order valence-electron chi connectivity index (χ4n) is 6.34. The molecule has 0 aliphatic carbocycles. The molecule has 0 aliphatic heterocycles. The van der Waals surface area contributed by atoms with Crippen molar-refractivity contribution in [2.45, 2.75) is 0 Å². The maximum absolute atomic E-state index is 2.40. The molecular formula is C42H29N. The van der Waals surface area contributed by atoms with Crippen LogP contribution in [0.1, 0.15) is 0 Å². The average molecular weight is 548 g/mol. The highest BCUT2D eigenvalue weighted by Crippen LogP contribution is 2.44. The summed E-state index contributed by atoms with van der Waals surface area (Å²) in [5.41, 5.74) is 8.18. The summed E-state index contributed by atoms with van der Waals surface area (Å²) in [7, 11) is 0. The summed E-state index contributed by atoms with van der Waals surface area (Å²) >= 11 is 0. The number of benzene rings is 8. The Morgan fingerprint density at radius 2 is 0.884 bits per heavy atom.